The minimum absolute atomic E-state index is 0.257. The quantitative estimate of drug-likeness (QED) is 0.571. The maximum atomic E-state index is 13.3. The fraction of sp³-hybridized carbons (Fsp3) is 0.333. The van der Waals surface area contributed by atoms with Crippen LogP contribution in [0, 0.1) is 5.41 Å². The molecule has 0 aliphatic carbocycles. The third kappa shape index (κ3) is 5.09. The molecule has 6 nitrogen and oxygen atoms in total. The molecule has 1 amide bonds. The van der Waals surface area contributed by atoms with Gasteiger partial charge in [-0.05, 0) is 71.3 Å². The SMILES string of the molecule is CN(C)CCNC(=O)c1c(OC(=O)C(C)(C)C)c2ccccc2n1-c1ccc(Cl)cc1. The lowest BCUT2D eigenvalue weighted by Gasteiger charge is -2.18. The van der Waals surface area contributed by atoms with Crippen molar-refractivity contribution in [2.24, 2.45) is 5.41 Å². The Morgan fingerprint density at radius 3 is 2.32 bits per heavy atom. The number of nitrogens with one attached hydrogen (secondary N) is 1. The van der Waals surface area contributed by atoms with Gasteiger partial charge in [-0.25, -0.2) is 0 Å². The van der Waals surface area contributed by atoms with E-state index < -0.39 is 11.4 Å². The number of rotatable bonds is 6. The van der Waals surface area contributed by atoms with E-state index in [0.717, 1.165) is 11.2 Å². The summed E-state index contributed by atoms with van der Waals surface area (Å²) in [4.78, 5) is 28.1. The van der Waals surface area contributed by atoms with Gasteiger partial charge >= 0.3 is 5.97 Å². The molecule has 164 valence electrons. The lowest BCUT2D eigenvalue weighted by molar-refractivity contribution is -0.142. The van der Waals surface area contributed by atoms with Crippen molar-refractivity contribution in [3.63, 3.8) is 0 Å². The predicted molar refractivity (Wildman–Crippen MR) is 124 cm³/mol. The van der Waals surface area contributed by atoms with Gasteiger partial charge in [-0.3, -0.25) is 9.59 Å². The van der Waals surface area contributed by atoms with Gasteiger partial charge in [0.2, 0.25) is 0 Å². The lowest BCUT2D eigenvalue weighted by atomic mass is 9.97. The number of para-hydroxylation sites is 1. The highest BCUT2D eigenvalue weighted by Crippen LogP contribution is 2.37. The summed E-state index contributed by atoms with van der Waals surface area (Å²) in [7, 11) is 3.88. The Hall–Kier alpha value is -2.83. The molecule has 0 fully saturated rings. The van der Waals surface area contributed by atoms with Crippen molar-refractivity contribution in [3.8, 4) is 11.4 Å². The van der Waals surface area contributed by atoms with E-state index in [1.807, 2.05) is 60.0 Å². The van der Waals surface area contributed by atoms with E-state index in [9.17, 15) is 9.59 Å². The molecule has 1 aromatic heterocycles. The number of benzene rings is 2. The van der Waals surface area contributed by atoms with Crippen LogP contribution in [-0.4, -0.2) is 48.5 Å². The molecule has 0 spiro atoms. The normalized spacial score (nSPS) is 11.7. The molecule has 0 atom stereocenters. The zero-order valence-electron chi connectivity index (χ0n) is 18.5. The summed E-state index contributed by atoms with van der Waals surface area (Å²) in [5.41, 5.74) is 1.07. The van der Waals surface area contributed by atoms with Gasteiger partial charge in [-0.1, -0.05) is 23.7 Å². The van der Waals surface area contributed by atoms with Crippen LogP contribution in [0.2, 0.25) is 5.02 Å². The summed E-state index contributed by atoms with van der Waals surface area (Å²) in [6.07, 6.45) is 0. The third-order valence-corrected chi connectivity index (χ3v) is 5.03. The Kier molecular flexibility index (Phi) is 6.72. The molecule has 0 aliphatic heterocycles. The van der Waals surface area contributed by atoms with Crippen molar-refractivity contribution in [2.75, 3.05) is 27.2 Å². The predicted octanol–water partition coefficient (Wildman–Crippen LogP) is 4.53. The van der Waals surface area contributed by atoms with E-state index in [1.54, 1.807) is 32.9 Å². The molecule has 2 aromatic carbocycles. The Bertz CT molecular complexity index is 1100. The van der Waals surface area contributed by atoms with Crippen molar-refractivity contribution < 1.29 is 14.3 Å². The highest BCUT2D eigenvalue weighted by molar-refractivity contribution is 6.30. The number of fused-ring (bicyclic) bond motifs is 1. The zero-order valence-corrected chi connectivity index (χ0v) is 19.3. The van der Waals surface area contributed by atoms with Crippen LogP contribution >= 0.6 is 11.6 Å². The number of halogens is 1. The Balaban J connectivity index is 2.21. The van der Waals surface area contributed by atoms with Gasteiger partial charge in [-0.2, -0.15) is 0 Å². The third-order valence-electron chi connectivity index (χ3n) is 4.78. The van der Waals surface area contributed by atoms with E-state index in [0.29, 0.717) is 23.5 Å². The number of carbonyl (C=O) groups excluding carboxylic acids is 2. The van der Waals surface area contributed by atoms with Crippen LogP contribution in [0.3, 0.4) is 0 Å². The van der Waals surface area contributed by atoms with Crippen molar-refractivity contribution in [2.45, 2.75) is 20.8 Å². The number of hydrogen-bond donors (Lipinski definition) is 1. The van der Waals surface area contributed by atoms with Crippen LogP contribution in [0.4, 0.5) is 0 Å². The van der Waals surface area contributed by atoms with E-state index in [2.05, 4.69) is 5.32 Å². The molecule has 3 rings (SSSR count). The van der Waals surface area contributed by atoms with Crippen molar-refractivity contribution >= 4 is 34.4 Å². The van der Waals surface area contributed by atoms with Gasteiger partial charge in [0.1, 0.15) is 0 Å². The molecule has 0 saturated heterocycles. The smallest absolute Gasteiger partial charge is 0.316 e. The topological polar surface area (TPSA) is 63.6 Å². The van der Waals surface area contributed by atoms with Gasteiger partial charge < -0.3 is 19.5 Å². The minimum atomic E-state index is -0.720. The molecule has 1 N–H and O–H groups in total. The second-order valence-electron chi connectivity index (χ2n) is 8.71. The average Bonchev–Trinajstić information content (AvgIpc) is 3.02. The first-order chi connectivity index (χ1) is 14.6. The van der Waals surface area contributed by atoms with E-state index in [4.69, 9.17) is 16.3 Å². The number of aromatic nitrogens is 1. The number of ether oxygens (including phenoxy) is 1. The van der Waals surface area contributed by atoms with Crippen LogP contribution < -0.4 is 10.1 Å². The molecule has 0 bridgehead atoms. The van der Waals surface area contributed by atoms with Crippen molar-refractivity contribution in [1.29, 1.82) is 0 Å². The van der Waals surface area contributed by atoms with Gasteiger partial charge in [0.05, 0.1) is 10.9 Å². The average molecular weight is 442 g/mol. The van der Waals surface area contributed by atoms with Gasteiger partial charge in [0, 0.05) is 29.2 Å². The second kappa shape index (κ2) is 9.12. The van der Waals surface area contributed by atoms with Crippen LogP contribution in [-0.2, 0) is 4.79 Å². The van der Waals surface area contributed by atoms with Crippen LogP contribution in [0.15, 0.2) is 48.5 Å². The van der Waals surface area contributed by atoms with Gasteiger partial charge in [0.25, 0.3) is 5.91 Å². The van der Waals surface area contributed by atoms with Crippen LogP contribution in [0.5, 0.6) is 5.75 Å². The number of likely N-dealkylation sites (N-methyl/N-ethyl adjacent to an activating group) is 1. The molecule has 3 aromatic rings. The summed E-state index contributed by atoms with van der Waals surface area (Å²) in [6.45, 7) is 6.49. The first kappa shape index (κ1) is 22.8. The van der Waals surface area contributed by atoms with Gasteiger partial charge in [-0.15, -0.1) is 0 Å². The van der Waals surface area contributed by atoms with Gasteiger partial charge in [0.15, 0.2) is 11.4 Å². The summed E-state index contributed by atoms with van der Waals surface area (Å²) in [5, 5.41) is 4.23. The standard InChI is InChI=1S/C24H28ClN3O3/c1-24(2,3)23(30)31-21-18-8-6-7-9-19(18)28(17-12-10-16(25)11-13-17)20(21)22(29)26-14-15-27(4)5/h6-13H,14-15H2,1-5H3,(H,26,29). The fourth-order valence-corrected chi connectivity index (χ4v) is 3.23. The Labute approximate surface area is 187 Å². The zero-order chi connectivity index (χ0) is 22.8. The largest absolute Gasteiger partial charge is 0.423 e. The number of carbonyl (C=O) groups is 2. The maximum Gasteiger partial charge on any atom is 0.316 e. The summed E-state index contributed by atoms with van der Waals surface area (Å²) >= 11 is 6.08. The van der Waals surface area contributed by atoms with Crippen molar-refractivity contribution in [1.82, 2.24) is 14.8 Å². The van der Waals surface area contributed by atoms with E-state index in [1.165, 1.54) is 0 Å². The first-order valence-corrected chi connectivity index (χ1v) is 10.5. The summed E-state index contributed by atoms with van der Waals surface area (Å²) < 4.78 is 7.65. The number of amides is 1. The molecular weight excluding hydrogens is 414 g/mol. The second-order valence-corrected chi connectivity index (χ2v) is 9.14. The maximum absolute atomic E-state index is 13.3. The van der Waals surface area contributed by atoms with Crippen LogP contribution in [0.25, 0.3) is 16.6 Å². The first-order valence-electron chi connectivity index (χ1n) is 10.1. The van der Waals surface area contributed by atoms with Crippen molar-refractivity contribution in [3.05, 3.63) is 59.2 Å². The minimum Gasteiger partial charge on any atom is -0.423 e. The molecule has 1 heterocycles. The summed E-state index contributed by atoms with van der Waals surface area (Å²) in [5.74, 6) is -0.466. The molecule has 7 heteroatoms. The molecule has 0 aliphatic rings. The Morgan fingerprint density at radius 1 is 1.06 bits per heavy atom. The molecule has 0 unspecified atom stereocenters. The number of hydrogen-bond acceptors (Lipinski definition) is 4. The highest BCUT2D eigenvalue weighted by Gasteiger charge is 2.30. The Morgan fingerprint density at radius 2 is 1.71 bits per heavy atom. The van der Waals surface area contributed by atoms with E-state index >= 15 is 0 Å². The molecule has 31 heavy (non-hydrogen) atoms. The lowest BCUT2D eigenvalue weighted by Crippen LogP contribution is -2.33. The van der Waals surface area contributed by atoms with Crippen LogP contribution in [0.1, 0.15) is 31.3 Å². The molecule has 0 radical (unpaired) electrons. The fourth-order valence-electron chi connectivity index (χ4n) is 3.10. The summed E-state index contributed by atoms with van der Waals surface area (Å²) in [6, 6.07) is 14.7. The highest BCUT2D eigenvalue weighted by atomic mass is 35.5. The van der Waals surface area contributed by atoms with E-state index in [-0.39, 0.29) is 17.4 Å². The number of esters is 1. The number of nitrogens with zero attached hydrogens (tertiary/aromatic N) is 2. The molecule has 0 saturated carbocycles. The monoisotopic (exact) mass is 441 g/mol. The molecular formula is C24H28ClN3O3.